The number of halogens is 3. The first-order valence-corrected chi connectivity index (χ1v) is 12.6. The minimum atomic E-state index is -4.56. The van der Waals surface area contributed by atoms with Gasteiger partial charge in [0.1, 0.15) is 23.1 Å². The van der Waals surface area contributed by atoms with Gasteiger partial charge in [0.2, 0.25) is 5.88 Å². The summed E-state index contributed by atoms with van der Waals surface area (Å²) in [5.74, 6) is 0.884. The molecule has 1 aliphatic carbocycles. The minimum Gasteiger partial charge on any atom is -0.480 e. The molecule has 0 saturated heterocycles. The number of methoxy groups -OCH3 is 1. The fourth-order valence-electron chi connectivity index (χ4n) is 4.76. The fraction of sp³-hybridized carbons (Fsp3) is 0.296. The number of hydrogen-bond acceptors (Lipinski definition) is 8. The lowest BCUT2D eigenvalue weighted by Crippen LogP contribution is -2.38. The first-order chi connectivity index (χ1) is 19.6. The van der Waals surface area contributed by atoms with E-state index in [0.29, 0.717) is 16.7 Å². The van der Waals surface area contributed by atoms with Crippen LogP contribution in [0.4, 0.5) is 13.2 Å². The predicted octanol–water partition coefficient (Wildman–Crippen LogP) is 3.30. The second-order valence-electron chi connectivity index (χ2n) is 9.84. The molecule has 11 nitrogen and oxygen atoms in total. The van der Waals surface area contributed by atoms with E-state index in [0.717, 1.165) is 29.3 Å². The van der Waals surface area contributed by atoms with E-state index >= 15 is 0 Å². The lowest BCUT2D eigenvalue weighted by molar-refractivity contribution is -0.140. The Morgan fingerprint density at radius 1 is 1.02 bits per heavy atom. The second-order valence-corrected chi connectivity index (χ2v) is 9.84. The highest BCUT2D eigenvalue weighted by atomic mass is 19.4. The minimum absolute atomic E-state index is 0.0342. The van der Waals surface area contributed by atoms with Crippen molar-refractivity contribution >= 4 is 11.0 Å². The van der Waals surface area contributed by atoms with Gasteiger partial charge in [0.25, 0.3) is 5.56 Å². The van der Waals surface area contributed by atoms with E-state index in [9.17, 15) is 22.8 Å². The van der Waals surface area contributed by atoms with Crippen molar-refractivity contribution < 1.29 is 17.9 Å². The van der Waals surface area contributed by atoms with Gasteiger partial charge in [-0.3, -0.25) is 13.9 Å². The first-order valence-electron chi connectivity index (χ1n) is 12.6. The van der Waals surface area contributed by atoms with Crippen molar-refractivity contribution in [3.05, 3.63) is 80.8 Å². The van der Waals surface area contributed by atoms with Crippen LogP contribution in [0.15, 0.2) is 52.6 Å². The van der Waals surface area contributed by atoms with Gasteiger partial charge in [0, 0.05) is 38.0 Å². The Kier molecular flexibility index (Phi) is 6.20. The molecule has 0 radical (unpaired) electrons. The van der Waals surface area contributed by atoms with Crippen molar-refractivity contribution in [2.45, 2.75) is 31.5 Å². The average molecular weight is 565 g/mol. The number of aryl methyl sites for hydroxylation is 1. The van der Waals surface area contributed by atoms with E-state index in [-0.39, 0.29) is 41.0 Å². The molecule has 5 aromatic rings. The molecule has 0 N–H and O–H groups in total. The molecule has 6 rings (SSSR count). The molecule has 0 aliphatic heterocycles. The zero-order valence-electron chi connectivity index (χ0n) is 22.2. The maximum atomic E-state index is 13.3. The van der Waals surface area contributed by atoms with Gasteiger partial charge in [-0.25, -0.2) is 29.7 Å². The van der Waals surface area contributed by atoms with Gasteiger partial charge in [0.05, 0.1) is 19.3 Å². The zero-order chi connectivity index (χ0) is 29.1. The van der Waals surface area contributed by atoms with Gasteiger partial charge >= 0.3 is 11.9 Å². The Hall–Kier alpha value is -4.88. The summed E-state index contributed by atoms with van der Waals surface area (Å²) in [6, 6.07) is 6.62. The molecular weight excluding hydrogens is 541 g/mol. The Labute approximate surface area is 230 Å². The van der Waals surface area contributed by atoms with Crippen molar-refractivity contribution in [3.8, 4) is 28.7 Å². The fourth-order valence-corrected chi connectivity index (χ4v) is 4.76. The van der Waals surface area contributed by atoms with Crippen LogP contribution in [0.2, 0.25) is 0 Å². The van der Waals surface area contributed by atoms with Crippen molar-refractivity contribution in [2.75, 3.05) is 7.11 Å². The Bertz CT molecular complexity index is 1920. The lowest BCUT2D eigenvalue weighted by atomic mass is 10.1. The number of hydrogen-bond donors (Lipinski definition) is 0. The van der Waals surface area contributed by atoms with E-state index in [1.165, 1.54) is 42.9 Å². The van der Waals surface area contributed by atoms with Crippen LogP contribution in [-0.2, 0) is 26.8 Å². The van der Waals surface area contributed by atoms with E-state index < -0.39 is 23.1 Å². The molecule has 4 aromatic heterocycles. The lowest BCUT2D eigenvalue weighted by Gasteiger charge is -2.14. The summed E-state index contributed by atoms with van der Waals surface area (Å²) < 4.78 is 48.5. The number of benzene rings is 1. The van der Waals surface area contributed by atoms with Crippen LogP contribution in [0.25, 0.3) is 33.8 Å². The third kappa shape index (κ3) is 4.64. The summed E-state index contributed by atoms with van der Waals surface area (Å²) in [5, 5.41) is 0.143. The monoisotopic (exact) mass is 564 g/mol. The molecule has 0 amide bonds. The Morgan fingerprint density at radius 3 is 2.39 bits per heavy atom. The van der Waals surface area contributed by atoms with Gasteiger partial charge in [-0.1, -0.05) is 24.3 Å². The van der Waals surface area contributed by atoms with Crippen LogP contribution in [0, 0.1) is 0 Å². The highest BCUT2D eigenvalue weighted by Gasteiger charge is 2.35. The summed E-state index contributed by atoms with van der Waals surface area (Å²) in [6.07, 6.45) is 1.08. The van der Waals surface area contributed by atoms with E-state index in [2.05, 4.69) is 24.9 Å². The second kappa shape index (κ2) is 9.64. The maximum absolute atomic E-state index is 13.3. The molecule has 1 aromatic carbocycles. The molecule has 1 fully saturated rings. The van der Waals surface area contributed by atoms with Crippen LogP contribution in [-0.4, -0.2) is 45.7 Å². The largest absolute Gasteiger partial charge is 0.480 e. The predicted molar refractivity (Wildman–Crippen MR) is 141 cm³/mol. The molecule has 1 saturated carbocycles. The summed E-state index contributed by atoms with van der Waals surface area (Å²) in [5.41, 5.74) is 0.385. The van der Waals surface area contributed by atoms with Gasteiger partial charge < -0.3 is 9.30 Å². The number of aromatic nitrogens is 8. The SMILES string of the molecule is COc1ncnc(C2CC2)c1-c1ncc2c(=O)n(C)c(=O)n(Cc3ccc(-c4nc(C(F)(F)F)cn4C)cc3)c2n1. The number of imidazole rings is 1. The summed E-state index contributed by atoms with van der Waals surface area (Å²) in [4.78, 5) is 47.7. The molecule has 0 atom stereocenters. The highest BCUT2D eigenvalue weighted by molar-refractivity contribution is 5.77. The van der Waals surface area contributed by atoms with Crippen LogP contribution in [0.1, 0.15) is 35.7 Å². The topological polar surface area (TPSA) is 123 Å². The molecular formula is C27H23F3N8O3. The number of fused-ring (bicyclic) bond motifs is 1. The van der Waals surface area contributed by atoms with Crippen molar-refractivity contribution in [3.63, 3.8) is 0 Å². The third-order valence-corrected chi connectivity index (χ3v) is 7.02. The van der Waals surface area contributed by atoms with Crippen LogP contribution < -0.4 is 16.0 Å². The number of nitrogens with zero attached hydrogens (tertiary/aromatic N) is 8. The van der Waals surface area contributed by atoms with Crippen molar-refractivity contribution in [1.29, 1.82) is 0 Å². The first kappa shape index (κ1) is 26.3. The summed E-state index contributed by atoms with van der Waals surface area (Å²) in [7, 11) is 4.34. The summed E-state index contributed by atoms with van der Waals surface area (Å²) >= 11 is 0. The molecule has 14 heteroatoms. The van der Waals surface area contributed by atoms with Gasteiger partial charge in [-0.15, -0.1) is 0 Å². The molecule has 41 heavy (non-hydrogen) atoms. The van der Waals surface area contributed by atoms with Crippen LogP contribution in [0.5, 0.6) is 5.88 Å². The number of ether oxygens (including phenoxy) is 1. The van der Waals surface area contributed by atoms with E-state index in [4.69, 9.17) is 4.74 Å². The molecule has 0 spiro atoms. The molecule has 210 valence electrons. The molecule has 4 heterocycles. The van der Waals surface area contributed by atoms with E-state index in [1.807, 2.05) is 0 Å². The zero-order valence-corrected chi connectivity index (χ0v) is 22.2. The van der Waals surface area contributed by atoms with Crippen LogP contribution in [0.3, 0.4) is 0 Å². The average Bonchev–Trinajstić information content (AvgIpc) is 3.73. The number of rotatable bonds is 6. The quantitative estimate of drug-likeness (QED) is 0.308. The highest BCUT2D eigenvalue weighted by Crippen LogP contribution is 2.44. The number of alkyl halides is 3. The smallest absolute Gasteiger partial charge is 0.434 e. The van der Waals surface area contributed by atoms with Crippen molar-refractivity contribution in [1.82, 2.24) is 38.6 Å². The van der Waals surface area contributed by atoms with Gasteiger partial charge in [-0.05, 0) is 18.4 Å². The molecule has 0 bridgehead atoms. The van der Waals surface area contributed by atoms with Gasteiger partial charge in [-0.2, -0.15) is 13.2 Å². The van der Waals surface area contributed by atoms with E-state index in [1.54, 1.807) is 24.3 Å². The normalized spacial score (nSPS) is 13.6. The van der Waals surface area contributed by atoms with Crippen LogP contribution >= 0.6 is 0 Å². The van der Waals surface area contributed by atoms with Gasteiger partial charge in [0.15, 0.2) is 17.2 Å². The Morgan fingerprint density at radius 2 is 1.76 bits per heavy atom. The Balaban J connectivity index is 1.43. The third-order valence-electron chi connectivity index (χ3n) is 7.02. The van der Waals surface area contributed by atoms with Crippen molar-refractivity contribution in [2.24, 2.45) is 14.1 Å². The maximum Gasteiger partial charge on any atom is 0.434 e. The summed E-state index contributed by atoms with van der Waals surface area (Å²) in [6.45, 7) is 0.0342. The standard InChI is InChI=1S/C27H23F3N8O3/c1-36-12-18(27(28,29)30)34-22(36)16-6-4-14(5-7-16)11-38-23-17(25(39)37(2)26(38)40)10-31-21(35-23)19-20(15-8-9-15)32-13-33-24(19)41-3/h4-7,10,12-13,15H,8-9,11H2,1-3H3. The molecule has 0 unspecified atom stereocenters. The molecule has 1 aliphatic rings.